The summed E-state index contributed by atoms with van der Waals surface area (Å²) in [6, 6.07) is 6.50. The molecule has 0 bridgehead atoms. The van der Waals surface area contributed by atoms with Gasteiger partial charge in [0.15, 0.2) is 0 Å². The lowest BCUT2D eigenvalue weighted by Gasteiger charge is -2.12. The van der Waals surface area contributed by atoms with E-state index in [1.165, 1.54) is 30.4 Å². The average molecular weight is 215 g/mol. The quantitative estimate of drug-likeness (QED) is 0.710. The molecule has 2 nitrogen and oxygen atoms in total. The predicted octanol–water partition coefficient (Wildman–Crippen LogP) is 3.03. The Labute approximate surface area is 96.9 Å². The van der Waals surface area contributed by atoms with Crippen molar-refractivity contribution < 1.29 is 4.74 Å². The first-order valence-electron chi connectivity index (χ1n) is 5.90. The van der Waals surface area contributed by atoms with E-state index in [1.54, 1.807) is 7.11 Å². The summed E-state index contributed by atoms with van der Waals surface area (Å²) in [5.74, 6) is 0.877. The average Bonchev–Trinajstić information content (AvgIpc) is 2.53. The Morgan fingerprint density at radius 3 is 2.50 bits per heavy atom. The molecule has 1 aliphatic rings. The maximum atomic E-state index is 8.79. The lowest BCUT2D eigenvalue weighted by atomic mass is 9.98. The molecule has 1 aliphatic carbocycles. The van der Waals surface area contributed by atoms with Gasteiger partial charge in [-0.2, -0.15) is 5.26 Å². The Balaban J connectivity index is 2.41. The third-order valence-electron chi connectivity index (χ3n) is 3.26. The number of aryl methyl sites for hydroxylation is 2. The fourth-order valence-corrected chi connectivity index (χ4v) is 2.40. The fourth-order valence-electron chi connectivity index (χ4n) is 2.40. The van der Waals surface area contributed by atoms with Crippen LogP contribution >= 0.6 is 0 Å². The van der Waals surface area contributed by atoms with E-state index in [0.29, 0.717) is 6.42 Å². The van der Waals surface area contributed by atoms with Crippen LogP contribution in [0.4, 0.5) is 0 Å². The zero-order chi connectivity index (χ0) is 11.4. The van der Waals surface area contributed by atoms with Crippen molar-refractivity contribution in [3.05, 3.63) is 28.8 Å². The van der Waals surface area contributed by atoms with E-state index in [1.807, 2.05) is 0 Å². The van der Waals surface area contributed by atoms with Gasteiger partial charge in [0.2, 0.25) is 0 Å². The van der Waals surface area contributed by atoms with Gasteiger partial charge in [0.05, 0.1) is 19.6 Å². The Morgan fingerprint density at radius 2 is 1.88 bits per heavy atom. The highest BCUT2D eigenvalue weighted by molar-refractivity contribution is 5.44. The Morgan fingerprint density at radius 1 is 1.19 bits per heavy atom. The van der Waals surface area contributed by atoms with Gasteiger partial charge in [0, 0.05) is 5.56 Å². The van der Waals surface area contributed by atoms with Crippen LogP contribution in [0.5, 0.6) is 5.75 Å². The van der Waals surface area contributed by atoms with Crippen LogP contribution in [0.3, 0.4) is 0 Å². The largest absolute Gasteiger partial charge is 0.496 e. The molecule has 1 aromatic rings. The lowest BCUT2D eigenvalue weighted by Crippen LogP contribution is -1.98. The van der Waals surface area contributed by atoms with Crippen LogP contribution in [0.15, 0.2) is 12.1 Å². The maximum Gasteiger partial charge on any atom is 0.123 e. The lowest BCUT2D eigenvalue weighted by molar-refractivity contribution is 0.410. The number of fused-ring (bicyclic) bond motifs is 1. The van der Waals surface area contributed by atoms with Gasteiger partial charge in [-0.1, -0.05) is 12.5 Å². The molecule has 0 fully saturated rings. The van der Waals surface area contributed by atoms with Crippen molar-refractivity contribution in [1.29, 1.82) is 5.26 Å². The number of hydrogen-bond acceptors (Lipinski definition) is 2. The highest BCUT2D eigenvalue weighted by Crippen LogP contribution is 2.28. The SMILES string of the molecule is COc1cc2c(cc1CC#N)CCCCC2. The van der Waals surface area contributed by atoms with Gasteiger partial charge in [-0.3, -0.25) is 0 Å². The zero-order valence-corrected chi connectivity index (χ0v) is 9.75. The van der Waals surface area contributed by atoms with E-state index in [9.17, 15) is 0 Å². The van der Waals surface area contributed by atoms with Crippen molar-refractivity contribution in [2.75, 3.05) is 7.11 Å². The molecule has 0 N–H and O–H groups in total. The van der Waals surface area contributed by atoms with Crippen molar-refractivity contribution in [2.24, 2.45) is 0 Å². The highest BCUT2D eigenvalue weighted by Gasteiger charge is 2.12. The molecular formula is C14H17NO. The summed E-state index contributed by atoms with van der Waals surface area (Å²) >= 11 is 0. The third-order valence-corrected chi connectivity index (χ3v) is 3.26. The van der Waals surface area contributed by atoms with E-state index in [4.69, 9.17) is 10.00 Å². The number of benzene rings is 1. The minimum absolute atomic E-state index is 0.441. The van der Waals surface area contributed by atoms with Gasteiger partial charge in [-0.25, -0.2) is 0 Å². The molecular weight excluding hydrogens is 198 g/mol. The Hall–Kier alpha value is -1.49. The summed E-state index contributed by atoms with van der Waals surface area (Å²) in [6.07, 6.45) is 6.59. The summed E-state index contributed by atoms with van der Waals surface area (Å²) in [6.45, 7) is 0. The second-order valence-corrected chi connectivity index (χ2v) is 4.33. The third kappa shape index (κ3) is 2.19. The molecule has 16 heavy (non-hydrogen) atoms. The summed E-state index contributed by atoms with van der Waals surface area (Å²) in [7, 11) is 1.68. The monoisotopic (exact) mass is 215 g/mol. The summed E-state index contributed by atoms with van der Waals surface area (Å²) in [5, 5.41) is 8.79. The molecule has 0 unspecified atom stereocenters. The molecule has 0 heterocycles. The first kappa shape index (κ1) is 11.0. The standard InChI is InChI=1S/C14H17NO/c1-16-14-10-12-6-4-2-3-5-11(12)9-13(14)7-8-15/h9-10H,2-7H2,1H3. The van der Waals surface area contributed by atoms with Gasteiger partial charge in [0.25, 0.3) is 0 Å². The second-order valence-electron chi connectivity index (χ2n) is 4.33. The van der Waals surface area contributed by atoms with Crippen LogP contribution in [0.25, 0.3) is 0 Å². The number of nitrogens with zero attached hydrogens (tertiary/aromatic N) is 1. The van der Waals surface area contributed by atoms with Crippen LogP contribution in [-0.2, 0) is 19.3 Å². The van der Waals surface area contributed by atoms with Crippen LogP contribution in [0.1, 0.15) is 36.0 Å². The minimum Gasteiger partial charge on any atom is -0.496 e. The summed E-state index contributed by atoms with van der Waals surface area (Å²) in [4.78, 5) is 0. The molecule has 0 radical (unpaired) electrons. The first-order chi connectivity index (χ1) is 7.85. The molecule has 0 amide bonds. The van der Waals surface area contributed by atoms with Crippen LogP contribution < -0.4 is 4.74 Å². The molecule has 0 aromatic heterocycles. The molecule has 84 valence electrons. The smallest absolute Gasteiger partial charge is 0.123 e. The molecule has 2 heteroatoms. The predicted molar refractivity (Wildman–Crippen MR) is 63.6 cm³/mol. The van der Waals surface area contributed by atoms with Gasteiger partial charge < -0.3 is 4.74 Å². The molecule has 0 aliphatic heterocycles. The van der Waals surface area contributed by atoms with E-state index >= 15 is 0 Å². The Bertz CT molecular complexity index is 417. The van der Waals surface area contributed by atoms with Crippen molar-refractivity contribution in [3.63, 3.8) is 0 Å². The highest BCUT2D eigenvalue weighted by atomic mass is 16.5. The number of methoxy groups -OCH3 is 1. The maximum absolute atomic E-state index is 8.79. The minimum atomic E-state index is 0.441. The van der Waals surface area contributed by atoms with Gasteiger partial charge in [-0.15, -0.1) is 0 Å². The van der Waals surface area contributed by atoms with Crippen molar-refractivity contribution in [1.82, 2.24) is 0 Å². The summed E-state index contributed by atoms with van der Waals surface area (Å²) < 4.78 is 5.35. The van der Waals surface area contributed by atoms with Crippen LogP contribution in [0.2, 0.25) is 0 Å². The molecule has 1 aromatic carbocycles. The first-order valence-corrected chi connectivity index (χ1v) is 5.90. The number of rotatable bonds is 2. The Kier molecular flexibility index (Phi) is 3.46. The number of nitriles is 1. The summed E-state index contributed by atoms with van der Waals surface area (Å²) in [5.41, 5.74) is 3.87. The topological polar surface area (TPSA) is 33.0 Å². The van der Waals surface area contributed by atoms with E-state index in [2.05, 4.69) is 18.2 Å². The van der Waals surface area contributed by atoms with Gasteiger partial charge >= 0.3 is 0 Å². The molecule has 2 rings (SSSR count). The van der Waals surface area contributed by atoms with Gasteiger partial charge in [-0.05, 0) is 42.9 Å². The second kappa shape index (κ2) is 5.03. The molecule has 0 atom stereocenters. The number of hydrogen-bond donors (Lipinski definition) is 0. The van der Waals surface area contributed by atoms with Crippen LogP contribution in [-0.4, -0.2) is 7.11 Å². The van der Waals surface area contributed by atoms with Crippen molar-refractivity contribution in [3.8, 4) is 11.8 Å². The molecule has 0 saturated carbocycles. The fraction of sp³-hybridized carbons (Fsp3) is 0.500. The van der Waals surface area contributed by atoms with Crippen molar-refractivity contribution in [2.45, 2.75) is 38.5 Å². The van der Waals surface area contributed by atoms with Crippen LogP contribution in [0, 0.1) is 11.3 Å². The molecule has 0 spiro atoms. The molecule has 0 saturated heterocycles. The van der Waals surface area contributed by atoms with Crippen molar-refractivity contribution >= 4 is 0 Å². The van der Waals surface area contributed by atoms with E-state index < -0.39 is 0 Å². The zero-order valence-electron chi connectivity index (χ0n) is 9.75. The van der Waals surface area contributed by atoms with Gasteiger partial charge in [0.1, 0.15) is 5.75 Å². The van der Waals surface area contributed by atoms with E-state index in [-0.39, 0.29) is 0 Å². The number of ether oxygens (including phenoxy) is 1. The van der Waals surface area contributed by atoms with E-state index in [0.717, 1.165) is 24.2 Å². The normalized spacial score (nSPS) is 14.8.